The summed E-state index contributed by atoms with van der Waals surface area (Å²) in [6.45, 7) is 10.3. The highest BCUT2D eigenvalue weighted by molar-refractivity contribution is 5.78. The van der Waals surface area contributed by atoms with E-state index in [9.17, 15) is 0 Å². The molecule has 0 bridgehead atoms. The molecular formula is C13H16. The zero-order chi connectivity index (χ0) is 9.84. The third-order valence-corrected chi connectivity index (χ3v) is 2.38. The monoisotopic (exact) mass is 172 g/mol. The van der Waals surface area contributed by atoms with Crippen LogP contribution in [0.25, 0.3) is 5.57 Å². The van der Waals surface area contributed by atoms with Crippen LogP contribution in [-0.2, 0) is 0 Å². The number of aryl methyl sites for hydroxylation is 1. The fraction of sp³-hybridized carbons (Fsp3) is 0.231. The van der Waals surface area contributed by atoms with Crippen molar-refractivity contribution in [3.63, 3.8) is 0 Å². The molecule has 0 saturated carbocycles. The summed E-state index contributed by atoms with van der Waals surface area (Å²) in [4.78, 5) is 0. The number of benzene rings is 1. The maximum Gasteiger partial charge on any atom is -0.0158 e. The number of hydrogen-bond acceptors (Lipinski definition) is 0. The van der Waals surface area contributed by atoms with Crippen molar-refractivity contribution in [2.24, 2.45) is 0 Å². The van der Waals surface area contributed by atoms with E-state index in [1.54, 1.807) is 0 Å². The zero-order valence-electron chi connectivity index (χ0n) is 8.59. The molecule has 0 atom stereocenters. The SMILES string of the molecule is C=C(/C(C)=C\C)c1ccccc1C. The van der Waals surface area contributed by atoms with Gasteiger partial charge in [0.2, 0.25) is 0 Å². The average molecular weight is 172 g/mol. The Balaban J connectivity index is 3.10. The normalized spacial score (nSPS) is 11.5. The molecule has 0 aromatic heterocycles. The molecule has 1 rings (SSSR count). The van der Waals surface area contributed by atoms with Crippen LogP contribution in [0, 0.1) is 6.92 Å². The Morgan fingerprint density at radius 2 is 1.92 bits per heavy atom. The second-order valence-corrected chi connectivity index (χ2v) is 3.27. The van der Waals surface area contributed by atoms with Crippen LogP contribution in [0.3, 0.4) is 0 Å². The quantitative estimate of drug-likeness (QED) is 0.592. The Kier molecular flexibility index (Phi) is 3.07. The lowest BCUT2D eigenvalue weighted by Crippen LogP contribution is -1.88. The Hall–Kier alpha value is -1.30. The fourth-order valence-corrected chi connectivity index (χ4v) is 1.30. The molecule has 0 unspecified atom stereocenters. The summed E-state index contributed by atoms with van der Waals surface area (Å²) in [5.74, 6) is 0. The highest BCUT2D eigenvalue weighted by atomic mass is 14.1. The van der Waals surface area contributed by atoms with Gasteiger partial charge >= 0.3 is 0 Å². The van der Waals surface area contributed by atoms with Crippen LogP contribution in [-0.4, -0.2) is 0 Å². The first kappa shape index (κ1) is 9.79. The molecule has 0 saturated heterocycles. The van der Waals surface area contributed by atoms with Gasteiger partial charge in [0.15, 0.2) is 0 Å². The summed E-state index contributed by atoms with van der Waals surface area (Å²) < 4.78 is 0. The van der Waals surface area contributed by atoms with Crippen molar-refractivity contribution >= 4 is 5.57 Å². The summed E-state index contributed by atoms with van der Waals surface area (Å²) in [6.07, 6.45) is 2.09. The van der Waals surface area contributed by atoms with Crippen LogP contribution in [0.4, 0.5) is 0 Å². The van der Waals surface area contributed by atoms with Gasteiger partial charge in [0, 0.05) is 0 Å². The molecule has 1 aromatic rings. The smallest absolute Gasteiger partial charge is 0.0158 e. The van der Waals surface area contributed by atoms with Gasteiger partial charge in [0.05, 0.1) is 0 Å². The Morgan fingerprint density at radius 3 is 2.46 bits per heavy atom. The Labute approximate surface area is 80.6 Å². The molecule has 0 nitrogen and oxygen atoms in total. The van der Waals surface area contributed by atoms with Gasteiger partial charge in [0.1, 0.15) is 0 Å². The van der Waals surface area contributed by atoms with E-state index >= 15 is 0 Å². The van der Waals surface area contributed by atoms with Gasteiger partial charge in [-0.2, -0.15) is 0 Å². The Bertz CT molecular complexity index is 343. The molecule has 0 heteroatoms. The van der Waals surface area contributed by atoms with Gasteiger partial charge in [-0.05, 0) is 43.0 Å². The van der Waals surface area contributed by atoms with E-state index < -0.39 is 0 Å². The molecule has 1 aromatic carbocycles. The maximum atomic E-state index is 4.09. The number of rotatable bonds is 2. The first-order valence-corrected chi connectivity index (χ1v) is 4.55. The van der Waals surface area contributed by atoms with Crippen LogP contribution in [0.1, 0.15) is 25.0 Å². The molecular weight excluding hydrogens is 156 g/mol. The van der Waals surface area contributed by atoms with Gasteiger partial charge in [-0.1, -0.05) is 36.9 Å². The van der Waals surface area contributed by atoms with Gasteiger partial charge < -0.3 is 0 Å². The lowest BCUT2D eigenvalue weighted by molar-refractivity contribution is 1.39. The number of allylic oxidation sites excluding steroid dienone is 3. The molecule has 0 aliphatic carbocycles. The van der Waals surface area contributed by atoms with Crippen molar-refractivity contribution in [3.8, 4) is 0 Å². The van der Waals surface area contributed by atoms with Crippen molar-refractivity contribution < 1.29 is 0 Å². The van der Waals surface area contributed by atoms with Crippen LogP contribution < -0.4 is 0 Å². The largest absolute Gasteiger partial charge is 0.0909 e. The minimum Gasteiger partial charge on any atom is -0.0909 e. The molecule has 0 heterocycles. The molecule has 0 N–H and O–H groups in total. The topological polar surface area (TPSA) is 0 Å². The predicted molar refractivity (Wildman–Crippen MR) is 59.6 cm³/mol. The van der Waals surface area contributed by atoms with Crippen molar-refractivity contribution in [2.75, 3.05) is 0 Å². The molecule has 0 radical (unpaired) electrons. The highest BCUT2D eigenvalue weighted by Crippen LogP contribution is 2.23. The van der Waals surface area contributed by atoms with Gasteiger partial charge in [-0.25, -0.2) is 0 Å². The first-order chi connectivity index (χ1) is 6.16. The van der Waals surface area contributed by atoms with E-state index in [1.807, 2.05) is 6.92 Å². The molecule has 0 aliphatic rings. The van der Waals surface area contributed by atoms with E-state index in [0.29, 0.717) is 0 Å². The van der Waals surface area contributed by atoms with Crippen molar-refractivity contribution in [1.82, 2.24) is 0 Å². The van der Waals surface area contributed by atoms with E-state index in [2.05, 4.69) is 50.8 Å². The zero-order valence-corrected chi connectivity index (χ0v) is 8.59. The highest BCUT2D eigenvalue weighted by Gasteiger charge is 2.02. The van der Waals surface area contributed by atoms with Crippen molar-refractivity contribution in [3.05, 3.63) is 53.6 Å². The first-order valence-electron chi connectivity index (χ1n) is 4.55. The van der Waals surface area contributed by atoms with Crippen LogP contribution in [0.5, 0.6) is 0 Å². The second kappa shape index (κ2) is 4.08. The average Bonchev–Trinajstić information content (AvgIpc) is 2.16. The third-order valence-electron chi connectivity index (χ3n) is 2.38. The van der Waals surface area contributed by atoms with E-state index in [-0.39, 0.29) is 0 Å². The molecule has 0 spiro atoms. The van der Waals surface area contributed by atoms with Gasteiger partial charge in [-0.3, -0.25) is 0 Å². The summed E-state index contributed by atoms with van der Waals surface area (Å²) in [7, 11) is 0. The fourth-order valence-electron chi connectivity index (χ4n) is 1.30. The van der Waals surface area contributed by atoms with Gasteiger partial charge in [-0.15, -0.1) is 0 Å². The molecule has 13 heavy (non-hydrogen) atoms. The lowest BCUT2D eigenvalue weighted by atomic mass is 9.97. The van der Waals surface area contributed by atoms with Gasteiger partial charge in [0.25, 0.3) is 0 Å². The molecule has 0 aliphatic heterocycles. The second-order valence-electron chi connectivity index (χ2n) is 3.27. The van der Waals surface area contributed by atoms with Crippen LogP contribution in [0.2, 0.25) is 0 Å². The maximum absolute atomic E-state index is 4.09. The third kappa shape index (κ3) is 2.09. The molecule has 0 fully saturated rings. The minimum absolute atomic E-state index is 1.13. The van der Waals surface area contributed by atoms with Crippen LogP contribution >= 0.6 is 0 Å². The predicted octanol–water partition coefficient (Wildman–Crippen LogP) is 3.97. The Morgan fingerprint density at radius 1 is 1.31 bits per heavy atom. The van der Waals surface area contributed by atoms with E-state index in [4.69, 9.17) is 0 Å². The van der Waals surface area contributed by atoms with E-state index in [1.165, 1.54) is 16.7 Å². The summed E-state index contributed by atoms with van der Waals surface area (Å²) in [5.41, 5.74) is 4.90. The van der Waals surface area contributed by atoms with Crippen molar-refractivity contribution in [1.29, 1.82) is 0 Å². The molecule has 0 amide bonds. The lowest BCUT2D eigenvalue weighted by Gasteiger charge is -2.08. The van der Waals surface area contributed by atoms with Crippen LogP contribution in [0.15, 0.2) is 42.5 Å². The summed E-state index contributed by atoms with van der Waals surface area (Å²) >= 11 is 0. The van der Waals surface area contributed by atoms with Crippen molar-refractivity contribution in [2.45, 2.75) is 20.8 Å². The standard InChI is InChI=1S/C13H16/c1-5-10(2)12(4)13-9-7-6-8-11(13)3/h5-9H,4H2,1-3H3/b10-5-. The van der Waals surface area contributed by atoms with E-state index in [0.717, 1.165) is 5.57 Å². The number of hydrogen-bond donors (Lipinski definition) is 0. The minimum atomic E-state index is 1.13. The molecule has 68 valence electrons. The summed E-state index contributed by atoms with van der Waals surface area (Å²) in [5, 5.41) is 0. The summed E-state index contributed by atoms with van der Waals surface area (Å²) in [6, 6.07) is 8.33.